The molecular formula is C29H19Cl3N4O4S. The Bertz CT molecular complexity index is 1990. The Morgan fingerprint density at radius 2 is 1.32 bits per heavy atom. The van der Waals surface area contributed by atoms with Crippen molar-refractivity contribution in [2.45, 2.75) is 10.8 Å². The molecule has 0 saturated carbocycles. The van der Waals surface area contributed by atoms with Crippen molar-refractivity contribution in [1.29, 1.82) is 0 Å². The smallest absolute Gasteiger partial charge is 0.289 e. The van der Waals surface area contributed by atoms with Crippen LogP contribution in [0.1, 0.15) is 22.6 Å². The lowest BCUT2D eigenvalue weighted by atomic mass is 9.84. The number of aromatic amines is 2. The minimum absolute atomic E-state index is 0.151. The molecule has 0 aliphatic carbocycles. The molecule has 8 nitrogen and oxygen atoms in total. The molecule has 0 amide bonds. The molecule has 6 aromatic rings. The zero-order valence-electron chi connectivity index (χ0n) is 20.9. The minimum atomic E-state index is -4.13. The van der Waals surface area contributed by atoms with Gasteiger partial charge >= 0.3 is 0 Å². The van der Waals surface area contributed by atoms with E-state index in [1.54, 1.807) is 12.1 Å². The summed E-state index contributed by atoms with van der Waals surface area (Å²) in [5.74, 6) is -0.265. The summed E-state index contributed by atoms with van der Waals surface area (Å²) >= 11 is 18.6. The molecule has 0 saturated heterocycles. The van der Waals surface area contributed by atoms with Gasteiger partial charge in [0.2, 0.25) is 0 Å². The second kappa shape index (κ2) is 10.4. The summed E-state index contributed by atoms with van der Waals surface area (Å²) in [6.45, 7) is 0. The van der Waals surface area contributed by atoms with Crippen LogP contribution in [0.4, 0.5) is 11.4 Å². The van der Waals surface area contributed by atoms with E-state index in [0.29, 0.717) is 10.0 Å². The number of nitro benzene ring substituents is 1. The first-order chi connectivity index (χ1) is 19.6. The Labute approximate surface area is 249 Å². The molecule has 12 heteroatoms. The van der Waals surface area contributed by atoms with E-state index in [4.69, 9.17) is 34.8 Å². The van der Waals surface area contributed by atoms with Crippen molar-refractivity contribution in [2.24, 2.45) is 0 Å². The second-order valence-electron chi connectivity index (χ2n) is 9.40. The maximum absolute atomic E-state index is 13.0. The van der Waals surface area contributed by atoms with E-state index in [9.17, 15) is 18.5 Å². The summed E-state index contributed by atoms with van der Waals surface area (Å²) in [6.07, 6.45) is 3.89. The first-order valence-electron chi connectivity index (χ1n) is 12.2. The molecule has 0 radical (unpaired) electrons. The van der Waals surface area contributed by atoms with Gasteiger partial charge in [0.15, 0.2) is 0 Å². The van der Waals surface area contributed by atoms with Gasteiger partial charge in [0.25, 0.3) is 15.7 Å². The topological polar surface area (TPSA) is 121 Å². The molecule has 0 aliphatic rings. The quantitative estimate of drug-likeness (QED) is 0.122. The largest absolute Gasteiger partial charge is 0.361 e. The van der Waals surface area contributed by atoms with Crippen molar-refractivity contribution in [2.75, 3.05) is 4.72 Å². The maximum Gasteiger partial charge on any atom is 0.289 e. The lowest BCUT2D eigenvalue weighted by molar-refractivity contribution is -0.384. The number of nitrogens with zero attached hydrogens (tertiary/aromatic N) is 1. The highest BCUT2D eigenvalue weighted by molar-refractivity contribution is 7.92. The number of rotatable bonds is 7. The van der Waals surface area contributed by atoms with E-state index >= 15 is 0 Å². The fourth-order valence-electron chi connectivity index (χ4n) is 4.99. The van der Waals surface area contributed by atoms with Crippen molar-refractivity contribution in [1.82, 2.24) is 9.97 Å². The zero-order chi connectivity index (χ0) is 28.9. The van der Waals surface area contributed by atoms with Gasteiger partial charge in [0.1, 0.15) is 5.02 Å². The summed E-state index contributed by atoms with van der Waals surface area (Å²) in [4.78, 5) is 16.9. The summed E-state index contributed by atoms with van der Waals surface area (Å²) < 4.78 is 28.5. The first-order valence-corrected chi connectivity index (χ1v) is 14.8. The maximum atomic E-state index is 13.0. The molecule has 206 valence electrons. The van der Waals surface area contributed by atoms with E-state index in [0.717, 1.165) is 44.6 Å². The Hall–Kier alpha value is -4.02. The van der Waals surface area contributed by atoms with Crippen LogP contribution in [0.2, 0.25) is 15.1 Å². The first kappa shape index (κ1) is 27.2. The summed E-state index contributed by atoms with van der Waals surface area (Å²) in [5.41, 5.74) is 4.48. The van der Waals surface area contributed by atoms with Crippen molar-refractivity contribution in [3.63, 3.8) is 0 Å². The third-order valence-electron chi connectivity index (χ3n) is 6.89. The molecule has 0 fully saturated rings. The number of hydrogen-bond acceptors (Lipinski definition) is 4. The molecule has 0 atom stereocenters. The van der Waals surface area contributed by atoms with Gasteiger partial charge in [-0.15, -0.1) is 0 Å². The van der Waals surface area contributed by atoms with Gasteiger partial charge in [-0.3, -0.25) is 14.8 Å². The Balaban J connectivity index is 1.42. The van der Waals surface area contributed by atoms with E-state index in [1.807, 2.05) is 60.9 Å². The van der Waals surface area contributed by atoms with Crippen LogP contribution < -0.4 is 4.72 Å². The molecule has 6 rings (SSSR count). The Kier molecular flexibility index (Phi) is 6.91. The van der Waals surface area contributed by atoms with Crippen molar-refractivity contribution in [3.05, 3.63) is 133 Å². The van der Waals surface area contributed by atoms with Crippen LogP contribution in [0.25, 0.3) is 21.8 Å². The third-order valence-corrected chi connectivity index (χ3v) is 9.06. The molecule has 0 spiro atoms. The molecule has 2 heterocycles. The predicted molar refractivity (Wildman–Crippen MR) is 163 cm³/mol. The van der Waals surface area contributed by atoms with Crippen molar-refractivity contribution >= 4 is 78.0 Å². The zero-order valence-corrected chi connectivity index (χ0v) is 23.9. The lowest BCUT2D eigenvalue weighted by Gasteiger charge is -2.18. The number of nitro groups is 1. The van der Waals surface area contributed by atoms with Crippen LogP contribution >= 0.6 is 34.8 Å². The number of H-pyrrole nitrogens is 2. The number of hydrogen-bond donors (Lipinski definition) is 3. The Morgan fingerprint density at radius 1 is 0.756 bits per heavy atom. The molecular weight excluding hydrogens is 607 g/mol. The molecule has 41 heavy (non-hydrogen) atoms. The minimum Gasteiger partial charge on any atom is -0.361 e. The van der Waals surface area contributed by atoms with Crippen LogP contribution in [-0.2, 0) is 10.0 Å². The number of halogens is 3. The predicted octanol–water partition coefficient (Wildman–Crippen LogP) is 8.50. The monoisotopic (exact) mass is 624 g/mol. The van der Waals surface area contributed by atoms with Gasteiger partial charge in [0.05, 0.1) is 9.82 Å². The average molecular weight is 626 g/mol. The Morgan fingerprint density at radius 3 is 1.85 bits per heavy atom. The highest BCUT2D eigenvalue weighted by atomic mass is 35.5. The molecule has 2 aromatic heterocycles. The molecule has 4 aromatic carbocycles. The van der Waals surface area contributed by atoms with Gasteiger partial charge in [-0.05, 0) is 77.4 Å². The van der Waals surface area contributed by atoms with Gasteiger partial charge in [0, 0.05) is 61.9 Å². The van der Waals surface area contributed by atoms with E-state index in [2.05, 4.69) is 14.7 Å². The second-order valence-corrected chi connectivity index (χ2v) is 12.4. The number of anilines is 1. The van der Waals surface area contributed by atoms with Crippen LogP contribution in [0.15, 0.2) is 96.2 Å². The van der Waals surface area contributed by atoms with Gasteiger partial charge in [-0.2, -0.15) is 0 Å². The van der Waals surface area contributed by atoms with E-state index in [-0.39, 0.29) is 21.5 Å². The summed E-state index contributed by atoms with van der Waals surface area (Å²) in [7, 11) is -4.13. The summed E-state index contributed by atoms with van der Waals surface area (Å²) in [5, 5.41) is 14.2. The third kappa shape index (κ3) is 5.13. The number of sulfonamides is 1. The van der Waals surface area contributed by atoms with Crippen molar-refractivity contribution < 1.29 is 13.3 Å². The van der Waals surface area contributed by atoms with E-state index in [1.165, 1.54) is 12.1 Å². The number of aromatic nitrogens is 2. The van der Waals surface area contributed by atoms with Crippen LogP contribution in [0.3, 0.4) is 0 Å². The SMILES string of the molecule is O=[N+]([O-])c1cc(S(=O)(=O)Nc2ccc(C(c3c[nH]c4ccc(Cl)cc34)c3c[nH]c4ccc(Cl)cc34)cc2)ccc1Cl. The highest BCUT2D eigenvalue weighted by Crippen LogP contribution is 2.41. The molecule has 3 N–H and O–H groups in total. The lowest BCUT2D eigenvalue weighted by Crippen LogP contribution is -2.13. The molecule has 0 aliphatic heterocycles. The van der Waals surface area contributed by atoms with Crippen LogP contribution in [0, 0.1) is 10.1 Å². The normalized spacial score (nSPS) is 11.9. The highest BCUT2D eigenvalue weighted by Gasteiger charge is 2.25. The van der Waals surface area contributed by atoms with Crippen molar-refractivity contribution in [3.8, 4) is 0 Å². The fourth-order valence-corrected chi connectivity index (χ4v) is 6.60. The standard InChI is InChI=1S/C29H19Cl3N4O4S/c30-17-3-9-26-21(11-17)23(14-33-26)29(24-15-34-27-10-4-18(31)12-22(24)27)16-1-5-19(6-2-16)35-41(39,40)20-7-8-25(32)28(13-20)36(37)38/h1-15,29,33-35H. The number of fused-ring (bicyclic) bond motifs is 2. The van der Waals surface area contributed by atoms with Gasteiger partial charge in [-0.1, -0.05) is 46.9 Å². The fraction of sp³-hybridized carbons (Fsp3) is 0.0345. The van der Waals surface area contributed by atoms with Crippen LogP contribution in [0.5, 0.6) is 0 Å². The molecule has 0 unspecified atom stereocenters. The number of benzene rings is 4. The average Bonchev–Trinajstić information content (AvgIpc) is 3.54. The van der Waals surface area contributed by atoms with Gasteiger partial charge < -0.3 is 9.97 Å². The van der Waals surface area contributed by atoms with Crippen LogP contribution in [-0.4, -0.2) is 23.3 Å². The van der Waals surface area contributed by atoms with Gasteiger partial charge in [-0.25, -0.2) is 8.42 Å². The number of nitrogens with one attached hydrogen (secondary N) is 3. The molecule has 0 bridgehead atoms. The van der Waals surface area contributed by atoms with E-state index < -0.39 is 20.6 Å². The summed E-state index contributed by atoms with van der Waals surface area (Å²) in [6, 6.07) is 21.6.